The average molecular weight is 298 g/mol. The minimum Gasteiger partial charge on any atom is -0.482 e. The zero-order valence-corrected chi connectivity index (χ0v) is 11.9. The monoisotopic (exact) mass is 298 g/mol. The predicted octanol–water partition coefficient (Wildman–Crippen LogP) is 2.29. The molecule has 0 saturated heterocycles. The fraction of sp³-hybridized carbons (Fsp3) is 0.125. The predicted molar refractivity (Wildman–Crippen MR) is 81.7 cm³/mol. The van der Waals surface area contributed by atoms with Gasteiger partial charge in [-0.25, -0.2) is 0 Å². The Hall–Kier alpha value is -3.02. The number of benzene rings is 1. The molecule has 6 nitrogen and oxygen atoms in total. The zero-order valence-electron chi connectivity index (χ0n) is 11.9. The summed E-state index contributed by atoms with van der Waals surface area (Å²) in [5, 5.41) is 2.73. The molecule has 1 aromatic heterocycles. The Morgan fingerprint density at radius 1 is 1.36 bits per heavy atom. The van der Waals surface area contributed by atoms with E-state index in [1.165, 1.54) is 17.2 Å². The van der Waals surface area contributed by atoms with Crippen molar-refractivity contribution >= 4 is 29.3 Å². The minimum absolute atomic E-state index is 0.0289. The lowest BCUT2D eigenvalue weighted by molar-refractivity contribution is -0.121. The van der Waals surface area contributed by atoms with Crippen LogP contribution in [0.2, 0.25) is 0 Å². The van der Waals surface area contributed by atoms with Crippen LogP contribution < -0.4 is 15.0 Å². The lowest BCUT2D eigenvalue weighted by Gasteiger charge is -2.26. The molecule has 0 spiro atoms. The summed E-state index contributed by atoms with van der Waals surface area (Å²) in [7, 11) is 1.67. The number of nitrogens with one attached hydrogen (secondary N) is 1. The van der Waals surface area contributed by atoms with Gasteiger partial charge in [-0.1, -0.05) is 0 Å². The Morgan fingerprint density at radius 2 is 2.23 bits per heavy atom. The maximum atomic E-state index is 11.9. The van der Waals surface area contributed by atoms with Crippen LogP contribution in [0.15, 0.2) is 47.1 Å². The number of carbonyl (C=O) groups excluding carboxylic acids is 2. The van der Waals surface area contributed by atoms with E-state index in [4.69, 9.17) is 9.15 Å². The summed E-state index contributed by atoms with van der Waals surface area (Å²) in [4.78, 5) is 25.0. The molecule has 0 radical (unpaired) electrons. The number of carbonyl (C=O) groups is 2. The van der Waals surface area contributed by atoms with E-state index < -0.39 is 0 Å². The first-order chi connectivity index (χ1) is 10.6. The van der Waals surface area contributed by atoms with E-state index in [-0.39, 0.29) is 18.4 Å². The van der Waals surface area contributed by atoms with Crippen molar-refractivity contribution in [2.24, 2.45) is 0 Å². The van der Waals surface area contributed by atoms with E-state index in [0.717, 1.165) is 0 Å². The second-order valence-electron chi connectivity index (χ2n) is 4.76. The van der Waals surface area contributed by atoms with Gasteiger partial charge in [0.2, 0.25) is 5.91 Å². The maximum Gasteiger partial charge on any atom is 0.264 e. The molecule has 0 aliphatic carbocycles. The van der Waals surface area contributed by atoms with Gasteiger partial charge in [-0.15, -0.1) is 0 Å². The lowest BCUT2D eigenvalue weighted by Crippen LogP contribution is -2.35. The van der Waals surface area contributed by atoms with Gasteiger partial charge in [-0.3, -0.25) is 9.59 Å². The van der Waals surface area contributed by atoms with Gasteiger partial charge in [0.05, 0.1) is 12.0 Å². The number of rotatable bonds is 3. The Balaban J connectivity index is 1.73. The molecule has 2 heterocycles. The van der Waals surface area contributed by atoms with Crippen LogP contribution >= 0.6 is 0 Å². The minimum atomic E-state index is -0.290. The first-order valence-corrected chi connectivity index (χ1v) is 6.69. The Bertz CT molecular complexity index is 735. The number of hydrogen-bond donors (Lipinski definition) is 1. The largest absolute Gasteiger partial charge is 0.482 e. The number of nitrogens with zero attached hydrogens (tertiary/aromatic N) is 1. The first kappa shape index (κ1) is 13.9. The summed E-state index contributed by atoms with van der Waals surface area (Å²) in [6.07, 6.45) is 4.49. The summed E-state index contributed by atoms with van der Waals surface area (Å²) < 4.78 is 10.4. The first-order valence-electron chi connectivity index (χ1n) is 6.69. The van der Waals surface area contributed by atoms with Crippen LogP contribution in [0.3, 0.4) is 0 Å². The number of ether oxygens (including phenoxy) is 1. The molecule has 1 aliphatic heterocycles. The van der Waals surface area contributed by atoms with E-state index in [0.29, 0.717) is 22.9 Å². The van der Waals surface area contributed by atoms with Crippen molar-refractivity contribution in [3.63, 3.8) is 0 Å². The Labute approximate surface area is 127 Å². The van der Waals surface area contributed by atoms with Crippen molar-refractivity contribution < 1.29 is 18.7 Å². The molecule has 0 atom stereocenters. The number of fused-ring (bicyclic) bond motifs is 1. The molecule has 2 amide bonds. The van der Waals surface area contributed by atoms with Gasteiger partial charge >= 0.3 is 0 Å². The van der Waals surface area contributed by atoms with Crippen LogP contribution in [-0.2, 0) is 9.59 Å². The molecule has 112 valence electrons. The van der Waals surface area contributed by atoms with Crippen molar-refractivity contribution in [3.8, 4) is 5.75 Å². The van der Waals surface area contributed by atoms with Crippen molar-refractivity contribution in [3.05, 3.63) is 48.4 Å². The maximum absolute atomic E-state index is 11.9. The second-order valence-corrected chi connectivity index (χ2v) is 4.76. The van der Waals surface area contributed by atoms with Crippen LogP contribution in [0.25, 0.3) is 6.08 Å². The molecule has 1 N–H and O–H groups in total. The molecule has 1 aromatic carbocycles. The van der Waals surface area contributed by atoms with Gasteiger partial charge < -0.3 is 19.4 Å². The molecule has 3 rings (SSSR count). The number of furan rings is 1. The third-order valence-corrected chi connectivity index (χ3v) is 3.26. The van der Waals surface area contributed by atoms with E-state index in [2.05, 4.69) is 5.32 Å². The van der Waals surface area contributed by atoms with Gasteiger partial charge in [-0.2, -0.15) is 0 Å². The zero-order chi connectivity index (χ0) is 15.5. The molecule has 0 bridgehead atoms. The third-order valence-electron chi connectivity index (χ3n) is 3.26. The summed E-state index contributed by atoms with van der Waals surface area (Å²) in [5.74, 6) is 0.793. The van der Waals surface area contributed by atoms with E-state index in [9.17, 15) is 9.59 Å². The fourth-order valence-electron chi connectivity index (χ4n) is 2.08. The van der Waals surface area contributed by atoms with E-state index in [1.54, 1.807) is 43.5 Å². The molecular weight excluding hydrogens is 284 g/mol. The van der Waals surface area contributed by atoms with Crippen molar-refractivity contribution in [2.75, 3.05) is 23.9 Å². The van der Waals surface area contributed by atoms with Crippen molar-refractivity contribution in [1.29, 1.82) is 0 Å². The highest BCUT2D eigenvalue weighted by molar-refractivity contribution is 6.03. The van der Waals surface area contributed by atoms with Gasteiger partial charge in [0, 0.05) is 18.8 Å². The van der Waals surface area contributed by atoms with Gasteiger partial charge in [0.1, 0.15) is 11.5 Å². The summed E-state index contributed by atoms with van der Waals surface area (Å²) in [6.45, 7) is 0.0289. The SMILES string of the molecule is CN1C(=O)COc2ccc(NC(=O)/C=C/c3ccco3)cc21. The Morgan fingerprint density at radius 3 is 3.00 bits per heavy atom. The molecule has 2 aromatic rings. The number of anilines is 2. The molecule has 1 aliphatic rings. The lowest BCUT2D eigenvalue weighted by atomic mass is 10.2. The number of hydrogen-bond acceptors (Lipinski definition) is 4. The summed E-state index contributed by atoms with van der Waals surface area (Å²) in [6, 6.07) is 8.64. The quantitative estimate of drug-likeness (QED) is 0.882. The molecular formula is C16H14N2O4. The van der Waals surface area contributed by atoms with Crippen LogP contribution in [0.5, 0.6) is 5.75 Å². The smallest absolute Gasteiger partial charge is 0.264 e. The second kappa shape index (κ2) is 5.77. The average Bonchev–Trinajstić information content (AvgIpc) is 3.03. The van der Waals surface area contributed by atoms with Crippen LogP contribution in [-0.4, -0.2) is 25.5 Å². The molecule has 22 heavy (non-hydrogen) atoms. The van der Waals surface area contributed by atoms with E-state index >= 15 is 0 Å². The highest BCUT2D eigenvalue weighted by atomic mass is 16.5. The highest BCUT2D eigenvalue weighted by Gasteiger charge is 2.22. The number of amides is 2. The van der Waals surface area contributed by atoms with Gasteiger partial charge in [-0.05, 0) is 36.4 Å². The fourth-order valence-corrected chi connectivity index (χ4v) is 2.08. The van der Waals surface area contributed by atoms with Crippen LogP contribution in [0.4, 0.5) is 11.4 Å². The molecule has 0 fully saturated rings. The van der Waals surface area contributed by atoms with Crippen molar-refractivity contribution in [1.82, 2.24) is 0 Å². The standard InChI is InChI=1S/C16H14N2O4/c1-18-13-9-11(4-6-14(13)22-10-16(18)20)17-15(19)7-5-12-3-2-8-21-12/h2-9H,10H2,1H3,(H,17,19)/b7-5+. The van der Waals surface area contributed by atoms with Crippen LogP contribution in [0, 0.1) is 0 Å². The van der Waals surface area contributed by atoms with E-state index in [1.807, 2.05) is 0 Å². The molecule has 0 saturated carbocycles. The third kappa shape index (κ3) is 2.85. The molecule has 0 unspecified atom stereocenters. The number of likely N-dealkylation sites (N-methyl/N-ethyl adjacent to an activating group) is 1. The van der Waals surface area contributed by atoms with Crippen LogP contribution in [0.1, 0.15) is 5.76 Å². The van der Waals surface area contributed by atoms with Gasteiger partial charge in [0.15, 0.2) is 6.61 Å². The molecule has 6 heteroatoms. The Kier molecular flexibility index (Phi) is 3.65. The summed E-state index contributed by atoms with van der Waals surface area (Å²) >= 11 is 0. The normalized spacial score (nSPS) is 13.9. The highest BCUT2D eigenvalue weighted by Crippen LogP contribution is 2.33. The summed E-state index contributed by atoms with van der Waals surface area (Å²) in [5.41, 5.74) is 1.21. The topological polar surface area (TPSA) is 71.8 Å². The van der Waals surface area contributed by atoms with Gasteiger partial charge in [0.25, 0.3) is 5.91 Å². The van der Waals surface area contributed by atoms with Crippen molar-refractivity contribution in [2.45, 2.75) is 0 Å².